The lowest BCUT2D eigenvalue weighted by molar-refractivity contribution is 1.29. The molecule has 0 saturated heterocycles. The molecule has 6 aromatic rings. The van der Waals surface area contributed by atoms with Crippen LogP contribution >= 0.6 is 0 Å². The van der Waals surface area contributed by atoms with Crippen molar-refractivity contribution >= 4 is 33.0 Å². The molecular formula is C20H13N7. The van der Waals surface area contributed by atoms with Gasteiger partial charge in [-0.2, -0.15) is 0 Å². The van der Waals surface area contributed by atoms with Gasteiger partial charge >= 0.3 is 0 Å². The highest BCUT2D eigenvalue weighted by Crippen LogP contribution is 2.28. The van der Waals surface area contributed by atoms with Gasteiger partial charge < -0.3 is 15.0 Å². The Morgan fingerprint density at radius 3 is 2.63 bits per heavy atom. The minimum absolute atomic E-state index is 0.784. The molecular weight excluding hydrogens is 338 g/mol. The third kappa shape index (κ3) is 2.22. The largest absolute Gasteiger partial charge is 0.354 e. The summed E-state index contributed by atoms with van der Waals surface area (Å²) in [6.45, 7) is 0. The molecule has 0 spiro atoms. The Labute approximate surface area is 152 Å². The number of nitrogens with zero attached hydrogens (tertiary/aromatic N) is 4. The second-order valence-corrected chi connectivity index (χ2v) is 6.48. The van der Waals surface area contributed by atoms with Crippen LogP contribution < -0.4 is 0 Å². The second-order valence-electron chi connectivity index (χ2n) is 6.48. The maximum atomic E-state index is 4.62. The Bertz CT molecular complexity index is 1400. The van der Waals surface area contributed by atoms with Crippen molar-refractivity contribution in [3.8, 4) is 22.6 Å². The minimum atomic E-state index is 0.784. The molecule has 0 aliphatic heterocycles. The zero-order chi connectivity index (χ0) is 17.8. The molecule has 0 unspecified atom stereocenters. The summed E-state index contributed by atoms with van der Waals surface area (Å²) >= 11 is 0. The summed E-state index contributed by atoms with van der Waals surface area (Å²) in [7, 11) is 0. The summed E-state index contributed by atoms with van der Waals surface area (Å²) in [5.74, 6) is 0. The molecule has 0 radical (unpaired) electrons. The number of pyridine rings is 3. The predicted octanol–water partition coefficient (Wildman–Crippen LogP) is 4.04. The smallest absolute Gasteiger partial charge is 0.157 e. The fourth-order valence-electron chi connectivity index (χ4n) is 3.41. The fourth-order valence-corrected chi connectivity index (χ4v) is 3.41. The van der Waals surface area contributed by atoms with Crippen LogP contribution in [0.4, 0.5) is 0 Å². The quantitative estimate of drug-likeness (QED) is 0.438. The Morgan fingerprint density at radius 1 is 0.741 bits per heavy atom. The van der Waals surface area contributed by atoms with Crippen LogP contribution in [-0.4, -0.2) is 34.9 Å². The van der Waals surface area contributed by atoms with Gasteiger partial charge in [0.05, 0.1) is 29.4 Å². The molecule has 128 valence electrons. The van der Waals surface area contributed by atoms with Gasteiger partial charge in [-0.1, -0.05) is 0 Å². The number of nitrogens with one attached hydrogen (secondary N) is 3. The topological polar surface area (TPSA) is 98.9 Å². The Balaban J connectivity index is 1.46. The van der Waals surface area contributed by atoms with Crippen LogP contribution in [0.15, 0.2) is 61.4 Å². The summed E-state index contributed by atoms with van der Waals surface area (Å²) in [6, 6.07) is 10.2. The van der Waals surface area contributed by atoms with Crippen LogP contribution in [0.2, 0.25) is 0 Å². The highest BCUT2D eigenvalue weighted by molar-refractivity contribution is 5.90. The summed E-state index contributed by atoms with van der Waals surface area (Å²) in [5.41, 5.74) is 7.48. The van der Waals surface area contributed by atoms with Gasteiger partial charge in [-0.05, 0) is 30.3 Å². The van der Waals surface area contributed by atoms with E-state index in [1.54, 1.807) is 12.5 Å². The molecule has 0 fully saturated rings. The molecule has 6 aromatic heterocycles. The zero-order valence-corrected chi connectivity index (χ0v) is 14.1. The number of H-pyrrole nitrogens is 3. The number of fused-ring (bicyclic) bond motifs is 3. The van der Waals surface area contributed by atoms with Gasteiger partial charge in [-0.25, -0.2) is 9.97 Å². The van der Waals surface area contributed by atoms with Gasteiger partial charge in [0.1, 0.15) is 5.52 Å². The SMILES string of the molecule is c1cc2cc(-c3cc4[nH]c(-c5cnc6[nH]cnc6c5)cc4cn3)[nH]c2cn1. The molecule has 0 amide bonds. The van der Waals surface area contributed by atoms with Crippen LogP contribution in [0, 0.1) is 0 Å². The van der Waals surface area contributed by atoms with Crippen molar-refractivity contribution in [3.63, 3.8) is 0 Å². The third-order valence-electron chi connectivity index (χ3n) is 4.79. The van der Waals surface area contributed by atoms with E-state index >= 15 is 0 Å². The third-order valence-corrected chi connectivity index (χ3v) is 4.79. The van der Waals surface area contributed by atoms with E-state index in [1.807, 2.05) is 30.7 Å². The molecule has 0 saturated carbocycles. The average molecular weight is 351 g/mol. The fraction of sp³-hybridized carbons (Fsp3) is 0. The van der Waals surface area contributed by atoms with Gasteiger partial charge in [-0.3, -0.25) is 9.97 Å². The number of rotatable bonds is 2. The lowest BCUT2D eigenvalue weighted by Gasteiger charge is -1.98. The molecule has 0 aliphatic carbocycles. The molecule has 6 rings (SSSR count). The molecule has 6 heterocycles. The van der Waals surface area contributed by atoms with Crippen LogP contribution in [0.25, 0.3) is 55.6 Å². The van der Waals surface area contributed by atoms with Gasteiger partial charge in [-0.15, -0.1) is 0 Å². The highest BCUT2D eigenvalue weighted by Gasteiger charge is 2.10. The van der Waals surface area contributed by atoms with Crippen LogP contribution in [0.1, 0.15) is 0 Å². The number of aromatic nitrogens is 7. The molecule has 0 bridgehead atoms. The molecule has 7 heteroatoms. The second kappa shape index (κ2) is 5.25. The van der Waals surface area contributed by atoms with Crippen LogP contribution in [0.3, 0.4) is 0 Å². The first-order chi connectivity index (χ1) is 13.3. The standard InChI is InChI=1S/C20H13N7/c1-2-21-9-19-11(1)3-17(27-19)16-6-15-12(7-22-16)4-14(26-15)13-5-18-20(23-8-13)25-10-24-18/h1-10,26-27H,(H,23,24,25). The summed E-state index contributed by atoms with van der Waals surface area (Å²) in [6.07, 6.45) is 8.98. The number of hydrogen-bond acceptors (Lipinski definition) is 4. The Hall–Kier alpha value is -4.00. The number of hydrogen-bond donors (Lipinski definition) is 3. The van der Waals surface area contributed by atoms with Crippen molar-refractivity contribution in [1.29, 1.82) is 0 Å². The lowest BCUT2D eigenvalue weighted by atomic mass is 10.2. The molecule has 0 aromatic carbocycles. The van der Waals surface area contributed by atoms with E-state index in [0.29, 0.717) is 0 Å². The zero-order valence-electron chi connectivity index (χ0n) is 14.1. The maximum absolute atomic E-state index is 4.62. The number of imidazole rings is 1. The lowest BCUT2D eigenvalue weighted by Crippen LogP contribution is -1.83. The van der Waals surface area contributed by atoms with Crippen molar-refractivity contribution in [3.05, 3.63) is 61.4 Å². The first-order valence-corrected chi connectivity index (χ1v) is 8.55. The average Bonchev–Trinajstić information content (AvgIpc) is 3.42. The molecule has 3 N–H and O–H groups in total. The van der Waals surface area contributed by atoms with E-state index in [2.05, 4.69) is 53.1 Å². The van der Waals surface area contributed by atoms with Crippen molar-refractivity contribution in [2.24, 2.45) is 0 Å². The van der Waals surface area contributed by atoms with Crippen molar-refractivity contribution in [1.82, 2.24) is 34.9 Å². The van der Waals surface area contributed by atoms with Crippen molar-refractivity contribution in [2.45, 2.75) is 0 Å². The van der Waals surface area contributed by atoms with Crippen molar-refractivity contribution in [2.75, 3.05) is 0 Å². The first-order valence-electron chi connectivity index (χ1n) is 8.55. The van der Waals surface area contributed by atoms with E-state index in [4.69, 9.17) is 0 Å². The van der Waals surface area contributed by atoms with Gasteiger partial charge in [0, 0.05) is 46.1 Å². The van der Waals surface area contributed by atoms with E-state index in [1.165, 1.54) is 0 Å². The number of aromatic amines is 3. The summed E-state index contributed by atoms with van der Waals surface area (Å²) in [4.78, 5) is 27.3. The molecule has 27 heavy (non-hydrogen) atoms. The monoisotopic (exact) mass is 351 g/mol. The Kier molecular flexibility index (Phi) is 2.76. The highest BCUT2D eigenvalue weighted by atomic mass is 14.9. The van der Waals surface area contributed by atoms with Crippen LogP contribution in [0.5, 0.6) is 0 Å². The predicted molar refractivity (Wildman–Crippen MR) is 104 cm³/mol. The molecule has 7 nitrogen and oxygen atoms in total. The first kappa shape index (κ1) is 14.2. The van der Waals surface area contributed by atoms with E-state index in [-0.39, 0.29) is 0 Å². The van der Waals surface area contributed by atoms with E-state index in [9.17, 15) is 0 Å². The van der Waals surface area contributed by atoms with Crippen LogP contribution in [-0.2, 0) is 0 Å². The van der Waals surface area contributed by atoms with Gasteiger partial charge in [0.25, 0.3) is 0 Å². The van der Waals surface area contributed by atoms with E-state index < -0.39 is 0 Å². The maximum Gasteiger partial charge on any atom is 0.157 e. The van der Waals surface area contributed by atoms with Gasteiger partial charge in [0.2, 0.25) is 0 Å². The van der Waals surface area contributed by atoms with E-state index in [0.717, 1.165) is 55.6 Å². The summed E-state index contributed by atoms with van der Waals surface area (Å²) in [5, 5.41) is 2.17. The molecule has 0 atom stereocenters. The van der Waals surface area contributed by atoms with Crippen molar-refractivity contribution < 1.29 is 0 Å². The summed E-state index contributed by atoms with van der Waals surface area (Å²) < 4.78 is 0. The Morgan fingerprint density at radius 2 is 1.67 bits per heavy atom. The minimum Gasteiger partial charge on any atom is -0.354 e. The molecule has 0 aliphatic rings. The normalized spacial score (nSPS) is 11.7. The van der Waals surface area contributed by atoms with Gasteiger partial charge in [0.15, 0.2) is 5.65 Å².